The number of H-pyrrole nitrogens is 1. The van der Waals surface area contributed by atoms with Gasteiger partial charge in [0.2, 0.25) is 11.8 Å². The number of halogens is 3. The number of carboxylic acid groups (broad SMARTS) is 1. The van der Waals surface area contributed by atoms with Crippen molar-refractivity contribution in [1.29, 1.82) is 0 Å². The number of aromatic nitrogens is 5. The molecule has 3 heterocycles. The normalized spacial score (nSPS) is 11.4. The number of ether oxygens (including phenoxy) is 2. The van der Waals surface area contributed by atoms with Crippen LogP contribution in [0.4, 0.5) is 18.0 Å². The van der Waals surface area contributed by atoms with Gasteiger partial charge in [0.05, 0.1) is 41.2 Å². The molecule has 0 aliphatic rings. The first kappa shape index (κ1) is 37.1. The number of nitrogens with two attached hydrogens (primary N) is 1. The molecule has 0 saturated carbocycles. The van der Waals surface area contributed by atoms with E-state index in [2.05, 4.69) is 20.6 Å². The van der Waals surface area contributed by atoms with Crippen molar-refractivity contribution in [2.75, 3.05) is 32.9 Å². The Hall–Kier alpha value is -5.76. The predicted molar refractivity (Wildman–Crippen MR) is 167 cm³/mol. The third kappa shape index (κ3) is 9.89. The molecule has 268 valence electrons. The molecule has 17 nitrogen and oxygen atoms in total. The summed E-state index contributed by atoms with van der Waals surface area (Å²) in [7, 11) is 0. The van der Waals surface area contributed by atoms with Crippen molar-refractivity contribution >= 4 is 34.9 Å². The van der Waals surface area contributed by atoms with Crippen molar-refractivity contribution in [3.05, 3.63) is 80.6 Å². The Kier molecular flexibility index (Phi) is 12.3. The van der Waals surface area contributed by atoms with Crippen molar-refractivity contribution in [3.8, 4) is 5.69 Å². The Morgan fingerprint density at radius 1 is 1.02 bits per heavy atom. The molecular formula is C30H33F3N8O9. The maximum absolute atomic E-state index is 14.0. The molecule has 20 heteroatoms. The van der Waals surface area contributed by atoms with Gasteiger partial charge in [0.1, 0.15) is 19.5 Å². The first-order valence-electron chi connectivity index (χ1n) is 15.0. The van der Waals surface area contributed by atoms with Crippen LogP contribution in [0.1, 0.15) is 29.7 Å². The van der Waals surface area contributed by atoms with Gasteiger partial charge in [-0.2, -0.15) is 13.2 Å². The topological polar surface area (TPSA) is 235 Å². The fraction of sp³-hybridized carbons (Fsp3) is 0.367. The third-order valence-electron chi connectivity index (χ3n) is 7.06. The maximum atomic E-state index is 14.0. The second kappa shape index (κ2) is 16.6. The van der Waals surface area contributed by atoms with E-state index in [1.165, 1.54) is 31.0 Å². The van der Waals surface area contributed by atoms with Crippen LogP contribution in [0.5, 0.6) is 0 Å². The maximum Gasteiger partial charge on any atom is 0.419 e. The fourth-order valence-corrected chi connectivity index (χ4v) is 4.71. The number of hydrogen-bond donors (Lipinski definition) is 5. The Morgan fingerprint density at radius 3 is 2.46 bits per heavy atom. The first-order valence-corrected chi connectivity index (χ1v) is 15.0. The van der Waals surface area contributed by atoms with Gasteiger partial charge in [0.25, 0.3) is 0 Å². The number of hydrogen-bond acceptors (Lipinski definition) is 10. The van der Waals surface area contributed by atoms with Gasteiger partial charge in [0.15, 0.2) is 0 Å². The number of carbonyl (C=O) groups excluding carboxylic acids is 3. The van der Waals surface area contributed by atoms with E-state index in [1.54, 1.807) is 0 Å². The minimum Gasteiger partial charge on any atom is -0.480 e. The van der Waals surface area contributed by atoms with Crippen molar-refractivity contribution in [2.45, 2.75) is 38.5 Å². The minimum absolute atomic E-state index is 0.0458. The average molecular weight is 707 g/mol. The summed E-state index contributed by atoms with van der Waals surface area (Å²) in [5, 5.41) is 14.4. The van der Waals surface area contributed by atoms with Crippen molar-refractivity contribution in [2.24, 2.45) is 5.73 Å². The van der Waals surface area contributed by atoms with E-state index in [1.807, 2.05) is 0 Å². The Morgan fingerprint density at radius 2 is 1.76 bits per heavy atom. The van der Waals surface area contributed by atoms with E-state index >= 15 is 0 Å². The molecular weight excluding hydrogens is 673 g/mol. The zero-order valence-electron chi connectivity index (χ0n) is 26.3. The van der Waals surface area contributed by atoms with Gasteiger partial charge < -0.3 is 40.5 Å². The third-order valence-corrected chi connectivity index (χ3v) is 7.06. The minimum atomic E-state index is -4.90. The van der Waals surface area contributed by atoms with Crippen LogP contribution in [0.15, 0.2) is 52.7 Å². The predicted octanol–water partition coefficient (Wildman–Crippen LogP) is 0.496. The number of amides is 2. The van der Waals surface area contributed by atoms with Gasteiger partial charge in [-0.3, -0.25) is 28.5 Å². The van der Waals surface area contributed by atoms with Crippen LogP contribution in [-0.4, -0.2) is 85.6 Å². The van der Waals surface area contributed by atoms with Gasteiger partial charge in [-0.1, -0.05) is 0 Å². The molecule has 1 aromatic carbocycles. The zero-order chi connectivity index (χ0) is 36.4. The van der Waals surface area contributed by atoms with Gasteiger partial charge in [-0.15, -0.1) is 0 Å². The quantitative estimate of drug-likeness (QED) is 0.0795. The Bertz CT molecular complexity index is 1980. The summed E-state index contributed by atoms with van der Waals surface area (Å²) >= 11 is 0. The van der Waals surface area contributed by atoms with Gasteiger partial charge in [-0.05, 0) is 23.8 Å². The molecule has 0 radical (unpaired) electrons. The number of nitrogens with zero attached hydrogens (tertiary/aromatic N) is 4. The molecule has 0 atom stereocenters. The molecule has 0 bridgehead atoms. The lowest BCUT2D eigenvalue weighted by Gasteiger charge is -2.17. The molecule has 50 heavy (non-hydrogen) atoms. The molecule has 0 saturated heterocycles. The number of fused-ring (bicyclic) bond motifs is 1. The highest BCUT2D eigenvalue weighted by Gasteiger charge is 2.35. The van der Waals surface area contributed by atoms with E-state index in [4.69, 9.17) is 15.2 Å². The lowest BCUT2D eigenvalue weighted by molar-refractivity contribution is -0.138. The number of aromatic amines is 1. The fourth-order valence-electron chi connectivity index (χ4n) is 4.71. The zero-order valence-corrected chi connectivity index (χ0v) is 26.3. The number of rotatable bonds is 16. The number of nitrogens with one attached hydrogen (secondary N) is 3. The summed E-state index contributed by atoms with van der Waals surface area (Å²) < 4.78 is 55.1. The van der Waals surface area contributed by atoms with Crippen LogP contribution < -0.4 is 27.5 Å². The van der Waals surface area contributed by atoms with E-state index in [-0.39, 0.29) is 50.2 Å². The van der Waals surface area contributed by atoms with Gasteiger partial charge in [-0.25, -0.2) is 14.3 Å². The Balaban J connectivity index is 1.29. The van der Waals surface area contributed by atoms with Crippen LogP contribution in [0, 0.1) is 0 Å². The van der Waals surface area contributed by atoms with E-state index in [0.717, 1.165) is 15.2 Å². The summed E-state index contributed by atoms with van der Waals surface area (Å²) in [6.07, 6.45) is -0.248. The highest BCUT2D eigenvalue weighted by Crippen LogP contribution is 2.36. The molecule has 4 rings (SSSR count). The van der Waals surface area contributed by atoms with Gasteiger partial charge in [0, 0.05) is 57.5 Å². The molecule has 2 amide bonds. The number of imidazole rings is 1. The molecule has 3 aromatic heterocycles. The van der Waals surface area contributed by atoms with Crippen LogP contribution in [0.25, 0.3) is 16.7 Å². The number of aliphatic carboxylic acids is 1. The van der Waals surface area contributed by atoms with Gasteiger partial charge >= 0.3 is 29.4 Å². The molecule has 0 aliphatic heterocycles. The second-order valence-electron chi connectivity index (χ2n) is 10.7. The highest BCUT2D eigenvalue weighted by molar-refractivity contribution is 5.84. The lowest BCUT2D eigenvalue weighted by atomic mass is 10.1. The summed E-state index contributed by atoms with van der Waals surface area (Å²) in [5.74, 6) is -2.40. The summed E-state index contributed by atoms with van der Waals surface area (Å²) in [5.41, 5.74) is 1.44. The largest absolute Gasteiger partial charge is 0.480 e. The van der Waals surface area contributed by atoms with E-state index < -0.39 is 59.0 Å². The second-order valence-corrected chi connectivity index (χ2v) is 10.7. The molecule has 0 spiro atoms. The molecule has 0 aliphatic carbocycles. The summed E-state index contributed by atoms with van der Waals surface area (Å²) in [6.45, 7) is 0.0923. The monoisotopic (exact) mass is 706 g/mol. The SMILES string of the molecule is NCCOCCOC(=O)n1cnc(CCNC(=O)CCC(=O)NCc2ccn(-c3cc4c(cc3C(F)(F)F)[nH]c(=O)c(=O)n4CC(=O)O)c2)c1. The van der Waals surface area contributed by atoms with E-state index in [9.17, 15) is 47.0 Å². The number of carboxylic acids is 1. The Labute approximate surface area is 279 Å². The number of carbonyl (C=O) groups is 4. The van der Waals surface area contributed by atoms with Crippen molar-refractivity contribution in [1.82, 2.24) is 34.3 Å². The molecule has 6 N–H and O–H groups in total. The molecule has 0 fully saturated rings. The molecule has 4 aromatic rings. The number of alkyl halides is 3. The standard InChI is InChI=1S/C30H33F3N8O9/c31-30(32,33)20-11-21-23(41(16-26(44)45)28(47)27(46)38-21)12-22(20)39-7-4-18(14-39)13-36-25(43)2-1-24(42)35-6-3-19-15-40(17-37-19)29(48)50-10-9-49-8-5-34/h4,7,11-12,14-15,17H,1-3,5-6,8-10,13,16,34H2,(H,35,42)(H,36,43)(H,38,46)(H,44,45). The van der Waals surface area contributed by atoms with Crippen LogP contribution in [0.3, 0.4) is 0 Å². The highest BCUT2D eigenvalue weighted by atomic mass is 19.4. The van der Waals surface area contributed by atoms with Crippen molar-refractivity contribution < 1.29 is 46.9 Å². The average Bonchev–Trinajstić information content (AvgIpc) is 3.74. The smallest absolute Gasteiger partial charge is 0.419 e. The van der Waals surface area contributed by atoms with Crippen molar-refractivity contribution in [3.63, 3.8) is 0 Å². The van der Waals surface area contributed by atoms with Crippen LogP contribution in [-0.2, 0) is 49.5 Å². The van der Waals surface area contributed by atoms with Crippen LogP contribution in [0.2, 0.25) is 0 Å². The first-order chi connectivity index (χ1) is 23.8. The summed E-state index contributed by atoms with van der Waals surface area (Å²) in [6, 6.07) is 3.00. The molecule has 0 unspecified atom stereocenters. The van der Waals surface area contributed by atoms with Crippen LogP contribution >= 0.6 is 0 Å². The lowest BCUT2D eigenvalue weighted by Crippen LogP contribution is -2.38. The summed E-state index contributed by atoms with van der Waals surface area (Å²) in [4.78, 5) is 78.4. The number of benzene rings is 1. The van der Waals surface area contributed by atoms with E-state index in [0.29, 0.717) is 41.5 Å².